The topological polar surface area (TPSA) is 15.3 Å². The summed E-state index contributed by atoms with van der Waals surface area (Å²) in [6.45, 7) is 7.14. The lowest BCUT2D eigenvalue weighted by Gasteiger charge is -2.43. The van der Waals surface area contributed by atoms with Crippen LogP contribution in [0.2, 0.25) is 0 Å². The summed E-state index contributed by atoms with van der Waals surface area (Å²) in [4.78, 5) is 1.72. The molecule has 1 saturated heterocycles. The number of hydrogen-bond donors (Lipinski definition) is 1. The summed E-state index contributed by atoms with van der Waals surface area (Å²) >= 11 is 0. The van der Waals surface area contributed by atoms with Gasteiger partial charge in [-0.3, -0.25) is 0 Å². The lowest BCUT2D eigenvalue weighted by Crippen LogP contribution is -2.58. The Morgan fingerprint density at radius 2 is 1.79 bits per heavy atom. The average molecular weight is 272 g/mol. The number of halogens is 3. The van der Waals surface area contributed by atoms with E-state index >= 15 is 0 Å². The molecule has 2 rings (SSSR count). The van der Waals surface area contributed by atoms with Crippen molar-refractivity contribution in [3.8, 4) is 0 Å². The third-order valence-electron chi connectivity index (χ3n) is 3.58. The lowest BCUT2D eigenvalue weighted by molar-refractivity contribution is 0.342. The molecule has 106 valence electrons. The van der Waals surface area contributed by atoms with Crippen molar-refractivity contribution in [1.29, 1.82) is 0 Å². The Bertz CT molecular complexity index is 439. The first-order chi connectivity index (χ1) is 8.90. The van der Waals surface area contributed by atoms with E-state index in [9.17, 15) is 13.2 Å². The molecule has 0 saturated carbocycles. The number of nitrogens with one attached hydrogen (secondary N) is 1. The summed E-state index contributed by atoms with van der Waals surface area (Å²) in [7, 11) is 0. The zero-order chi connectivity index (χ0) is 14.2. The monoisotopic (exact) mass is 272 g/mol. The molecule has 2 atom stereocenters. The van der Waals surface area contributed by atoms with Crippen molar-refractivity contribution >= 4 is 5.69 Å². The Morgan fingerprint density at radius 1 is 1.21 bits per heavy atom. The zero-order valence-corrected chi connectivity index (χ0v) is 11.4. The van der Waals surface area contributed by atoms with E-state index in [-0.39, 0.29) is 23.7 Å². The Balaban J connectivity index is 2.42. The molecule has 0 bridgehead atoms. The van der Waals surface area contributed by atoms with Gasteiger partial charge in [0, 0.05) is 37.3 Å². The predicted octanol–water partition coefficient (Wildman–Crippen LogP) is 2.93. The molecule has 0 radical (unpaired) electrons. The Hall–Kier alpha value is -1.23. The maximum absolute atomic E-state index is 13.9. The van der Waals surface area contributed by atoms with E-state index in [4.69, 9.17) is 0 Å². The number of piperazine rings is 1. The van der Waals surface area contributed by atoms with Gasteiger partial charge in [-0.15, -0.1) is 0 Å². The van der Waals surface area contributed by atoms with Crippen LogP contribution in [0.1, 0.15) is 20.8 Å². The molecule has 0 spiro atoms. The highest BCUT2D eigenvalue weighted by Crippen LogP contribution is 2.29. The van der Waals surface area contributed by atoms with E-state index in [1.807, 2.05) is 20.8 Å². The third-order valence-corrected chi connectivity index (χ3v) is 3.58. The first-order valence-corrected chi connectivity index (χ1v) is 6.54. The molecule has 1 aromatic carbocycles. The van der Waals surface area contributed by atoms with Crippen LogP contribution >= 0.6 is 0 Å². The van der Waals surface area contributed by atoms with E-state index in [0.717, 1.165) is 12.1 Å². The van der Waals surface area contributed by atoms with Gasteiger partial charge in [0.25, 0.3) is 0 Å². The normalized spacial score (nSPS) is 24.1. The second-order valence-electron chi connectivity index (χ2n) is 5.49. The quantitative estimate of drug-likeness (QED) is 0.890. The smallest absolute Gasteiger partial charge is 0.152 e. The van der Waals surface area contributed by atoms with Crippen LogP contribution in [0, 0.1) is 23.4 Å². The number of benzene rings is 1. The van der Waals surface area contributed by atoms with Crippen LogP contribution in [0.3, 0.4) is 0 Å². The number of hydrogen-bond acceptors (Lipinski definition) is 2. The summed E-state index contributed by atoms with van der Waals surface area (Å²) in [5.41, 5.74) is -0.117. The van der Waals surface area contributed by atoms with Gasteiger partial charge in [0.15, 0.2) is 11.6 Å². The minimum atomic E-state index is -0.886. The largest absolute Gasteiger partial charge is 0.361 e. The van der Waals surface area contributed by atoms with Gasteiger partial charge in [-0.05, 0) is 12.8 Å². The molecule has 0 aliphatic carbocycles. The second kappa shape index (κ2) is 5.41. The zero-order valence-electron chi connectivity index (χ0n) is 11.4. The second-order valence-corrected chi connectivity index (χ2v) is 5.49. The van der Waals surface area contributed by atoms with Crippen molar-refractivity contribution in [2.24, 2.45) is 5.92 Å². The molecule has 1 N–H and O–H groups in total. The maximum atomic E-state index is 13.9. The van der Waals surface area contributed by atoms with Crippen molar-refractivity contribution < 1.29 is 13.2 Å². The van der Waals surface area contributed by atoms with Crippen LogP contribution in [-0.2, 0) is 0 Å². The summed E-state index contributed by atoms with van der Waals surface area (Å²) in [6, 6.07) is 1.61. The van der Waals surface area contributed by atoms with E-state index in [1.165, 1.54) is 0 Å². The van der Waals surface area contributed by atoms with E-state index in [1.54, 1.807) is 4.90 Å². The van der Waals surface area contributed by atoms with Crippen molar-refractivity contribution in [2.45, 2.75) is 32.9 Å². The van der Waals surface area contributed by atoms with E-state index in [0.29, 0.717) is 13.1 Å². The SMILES string of the molecule is CC1CN(c2c(F)cc(F)cc2F)C(C(C)C)CN1. The van der Waals surface area contributed by atoms with Crippen LogP contribution in [0.5, 0.6) is 0 Å². The number of anilines is 1. The molecule has 0 amide bonds. The van der Waals surface area contributed by atoms with Gasteiger partial charge < -0.3 is 10.2 Å². The molecule has 1 aliphatic rings. The third kappa shape index (κ3) is 2.86. The van der Waals surface area contributed by atoms with Gasteiger partial charge in [-0.1, -0.05) is 13.8 Å². The van der Waals surface area contributed by atoms with Gasteiger partial charge in [-0.2, -0.15) is 0 Å². The van der Waals surface area contributed by atoms with Crippen LogP contribution in [0.15, 0.2) is 12.1 Å². The van der Waals surface area contributed by atoms with E-state index < -0.39 is 17.5 Å². The molecule has 2 unspecified atom stereocenters. The highest BCUT2D eigenvalue weighted by Gasteiger charge is 2.31. The molecule has 19 heavy (non-hydrogen) atoms. The van der Waals surface area contributed by atoms with Gasteiger partial charge >= 0.3 is 0 Å². The first kappa shape index (κ1) is 14.2. The predicted molar refractivity (Wildman–Crippen MR) is 69.8 cm³/mol. The van der Waals surface area contributed by atoms with Crippen molar-refractivity contribution in [2.75, 3.05) is 18.0 Å². The summed E-state index contributed by atoms with van der Waals surface area (Å²) < 4.78 is 40.8. The Morgan fingerprint density at radius 3 is 2.32 bits per heavy atom. The molecule has 5 heteroatoms. The molecule has 1 aliphatic heterocycles. The number of rotatable bonds is 2. The fourth-order valence-corrected chi connectivity index (χ4v) is 2.59. The minimum Gasteiger partial charge on any atom is -0.361 e. The van der Waals surface area contributed by atoms with Crippen molar-refractivity contribution in [3.63, 3.8) is 0 Å². The molecule has 1 heterocycles. The number of nitrogens with zero attached hydrogens (tertiary/aromatic N) is 1. The minimum absolute atomic E-state index is 0.00865. The lowest BCUT2D eigenvalue weighted by atomic mass is 9.97. The van der Waals surface area contributed by atoms with E-state index in [2.05, 4.69) is 5.32 Å². The molecular weight excluding hydrogens is 253 g/mol. The fourth-order valence-electron chi connectivity index (χ4n) is 2.59. The van der Waals surface area contributed by atoms with Crippen LogP contribution < -0.4 is 10.2 Å². The van der Waals surface area contributed by atoms with Crippen LogP contribution in [0.25, 0.3) is 0 Å². The van der Waals surface area contributed by atoms with Gasteiger partial charge in [-0.25, -0.2) is 13.2 Å². The van der Waals surface area contributed by atoms with Gasteiger partial charge in [0.2, 0.25) is 0 Å². The Labute approximate surface area is 111 Å². The standard InChI is InChI=1S/C14H19F3N2/c1-8(2)13-6-18-9(3)7-19(13)14-11(16)4-10(15)5-12(14)17/h4-5,8-9,13,18H,6-7H2,1-3H3. The van der Waals surface area contributed by atoms with Crippen LogP contribution in [-0.4, -0.2) is 25.2 Å². The summed E-state index contributed by atoms with van der Waals surface area (Å²) in [5, 5.41) is 3.30. The molecule has 2 nitrogen and oxygen atoms in total. The highest BCUT2D eigenvalue weighted by molar-refractivity contribution is 5.51. The molecule has 0 aromatic heterocycles. The van der Waals surface area contributed by atoms with Gasteiger partial charge in [0.05, 0.1) is 0 Å². The summed E-state index contributed by atoms with van der Waals surface area (Å²) in [5.74, 6) is -2.32. The Kier molecular flexibility index (Phi) is 4.04. The molecule has 1 aromatic rings. The van der Waals surface area contributed by atoms with Crippen LogP contribution in [0.4, 0.5) is 18.9 Å². The van der Waals surface area contributed by atoms with Crippen molar-refractivity contribution in [1.82, 2.24) is 5.32 Å². The maximum Gasteiger partial charge on any atom is 0.152 e. The summed E-state index contributed by atoms with van der Waals surface area (Å²) in [6.07, 6.45) is 0. The first-order valence-electron chi connectivity index (χ1n) is 6.54. The van der Waals surface area contributed by atoms with Crippen molar-refractivity contribution in [3.05, 3.63) is 29.6 Å². The van der Waals surface area contributed by atoms with Gasteiger partial charge in [0.1, 0.15) is 11.5 Å². The average Bonchev–Trinajstić information content (AvgIpc) is 2.27. The molecular formula is C14H19F3N2. The molecule has 1 fully saturated rings. The highest BCUT2D eigenvalue weighted by atomic mass is 19.1. The fraction of sp³-hybridized carbons (Fsp3) is 0.571.